The van der Waals surface area contributed by atoms with E-state index in [1.165, 1.54) is 0 Å². The van der Waals surface area contributed by atoms with Crippen LogP contribution in [0.15, 0.2) is 45.5 Å². The van der Waals surface area contributed by atoms with Gasteiger partial charge in [0.15, 0.2) is 5.89 Å². The summed E-state index contributed by atoms with van der Waals surface area (Å²) in [6.07, 6.45) is 4.27. The molecule has 1 aliphatic rings. The van der Waals surface area contributed by atoms with Gasteiger partial charge in [-0.3, -0.25) is 4.79 Å². The van der Waals surface area contributed by atoms with Crippen LogP contribution in [-0.2, 0) is 6.42 Å². The van der Waals surface area contributed by atoms with Gasteiger partial charge in [-0.25, -0.2) is 4.98 Å². The molecule has 1 fully saturated rings. The third-order valence-corrected chi connectivity index (χ3v) is 5.47. The highest BCUT2D eigenvalue weighted by atomic mass is 16.5. The number of carbonyl (C=O) groups is 1. The molecule has 0 N–H and O–H groups in total. The Balaban J connectivity index is 1.42. The highest BCUT2D eigenvalue weighted by Gasteiger charge is 2.30. The SMILES string of the molecule is COc1cccc(Cc2cnc(C3CCCN(C(=O)c4cc(C(C)C)no4)C3)o2)c1. The third-order valence-electron chi connectivity index (χ3n) is 5.47. The van der Waals surface area contributed by atoms with Crippen molar-refractivity contribution in [1.82, 2.24) is 15.0 Å². The van der Waals surface area contributed by atoms with Gasteiger partial charge in [-0.05, 0) is 36.5 Å². The van der Waals surface area contributed by atoms with Gasteiger partial charge >= 0.3 is 0 Å². The van der Waals surface area contributed by atoms with Gasteiger partial charge < -0.3 is 18.6 Å². The van der Waals surface area contributed by atoms with Crippen LogP contribution in [0.4, 0.5) is 0 Å². The quantitative estimate of drug-likeness (QED) is 0.600. The summed E-state index contributed by atoms with van der Waals surface area (Å²) >= 11 is 0. The van der Waals surface area contributed by atoms with Crippen molar-refractivity contribution in [3.05, 3.63) is 65.2 Å². The number of benzene rings is 1. The first-order chi connectivity index (χ1) is 14.5. The van der Waals surface area contributed by atoms with Gasteiger partial charge in [0.05, 0.1) is 24.9 Å². The molecule has 1 aromatic carbocycles. The minimum atomic E-state index is -0.123. The van der Waals surface area contributed by atoms with Crippen molar-refractivity contribution in [3.63, 3.8) is 0 Å². The topological polar surface area (TPSA) is 81.6 Å². The van der Waals surface area contributed by atoms with Gasteiger partial charge in [-0.1, -0.05) is 31.1 Å². The smallest absolute Gasteiger partial charge is 0.292 e. The van der Waals surface area contributed by atoms with Crippen LogP contribution in [-0.4, -0.2) is 41.1 Å². The van der Waals surface area contributed by atoms with E-state index in [2.05, 4.69) is 10.1 Å². The number of aromatic nitrogens is 2. The first-order valence-corrected chi connectivity index (χ1v) is 10.4. The number of ether oxygens (including phenoxy) is 1. The van der Waals surface area contributed by atoms with Crippen molar-refractivity contribution in [3.8, 4) is 5.75 Å². The van der Waals surface area contributed by atoms with E-state index < -0.39 is 0 Å². The van der Waals surface area contributed by atoms with Gasteiger partial charge in [0.1, 0.15) is 11.5 Å². The molecule has 1 amide bonds. The first kappa shape index (κ1) is 20.2. The normalized spacial score (nSPS) is 16.8. The fourth-order valence-electron chi connectivity index (χ4n) is 3.76. The lowest BCUT2D eigenvalue weighted by Gasteiger charge is -2.30. The van der Waals surface area contributed by atoms with Crippen LogP contribution in [0.25, 0.3) is 0 Å². The summed E-state index contributed by atoms with van der Waals surface area (Å²) in [6, 6.07) is 9.65. The molecule has 7 nitrogen and oxygen atoms in total. The lowest BCUT2D eigenvalue weighted by atomic mass is 9.97. The Bertz CT molecular complexity index is 1010. The van der Waals surface area contributed by atoms with Crippen LogP contribution in [0.2, 0.25) is 0 Å². The molecule has 1 unspecified atom stereocenters. The minimum Gasteiger partial charge on any atom is -0.497 e. The summed E-state index contributed by atoms with van der Waals surface area (Å²) in [5, 5.41) is 4.00. The van der Waals surface area contributed by atoms with Crippen molar-refractivity contribution >= 4 is 5.91 Å². The molecule has 0 spiro atoms. The summed E-state index contributed by atoms with van der Waals surface area (Å²) in [5.41, 5.74) is 1.89. The number of hydrogen-bond acceptors (Lipinski definition) is 6. The monoisotopic (exact) mass is 409 g/mol. The number of methoxy groups -OCH3 is 1. The van der Waals surface area contributed by atoms with Gasteiger partial charge in [-0.2, -0.15) is 0 Å². The number of amides is 1. The molecule has 30 heavy (non-hydrogen) atoms. The second kappa shape index (κ2) is 8.73. The van der Waals surface area contributed by atoms with E-state index in [4.69, 9.17) is 13.7 Å². The number of hydrogen-bond donors (Lipinski definition) is 0. The zero-order valence-electron chi connectivity index (χ0n) is 17.6. The Morgan fingerprint density at radius 1 is 1.33 bits per heavy atom. The fourth-order valence-corrected chi connectivity index (χ4v) is 3.76. The molecule has 3 aromatic rings. The zero-order valence-corrected chi connectivity index (χ0v) is 17.6. The second-order valence-corrected chi connectivity index (χ2v) is 8.05. The number of carbonyl (C=O) groups excluding carboxylic acids is 1. The van der Waals surface area contributed by atoms with E-state index in [0.29, 0.717) is 31.2 Å². The number of oxazole rings is 1. The highest BCUT2D eigenvalue weighted by Crippen LogP contribution is 2.28. The van der Waals surface area contributed by atoms with Crippen LogP contribution in [0.1, 0.15) is 72.0 Å². The van der Waals surface area contributed by atoms with Crippen LogP contribution in [0.5, 0.6) is 5.75 Å². The maximum Gasteiger partial charge on any atom is 0.292 e. The summed E-state index contributed by atoms with van der Waals surface area (Å²) in [7, 11) is 1.66. The third kappa shape index (κ3) is 4.40. The molecule has 1 saturated heterocycles. The summed E-state index contributed by atoms with van der Waals surface area (Å²) in [4.78, 5) is 19.2. The van der Waals surface area contributed by atoms with Crippen LogP contribution >= 0.6 is 0 Å². The Labute approximate surface area is 176 Å². The second-order valence-electron chi connectivity index (χ2n) is 8.05. The number of piperidine rings is 1. The van der Waals surface area contributed by atoms with Crippen molar-refractivity contribution < 1.29 is 18.5 Å². The molecule has 0 saturated carbocycles. The lowest BCUT2D eigenvalue weighted by molar-refractivity contribution is 0.0656. The molecule has 3 heterocycles. The molecular weight excluding hydrogens is 382 g/mol. The predicted octanol–water partition coefficient (Wildman–Crippen LogP) is 4.41. The van der Waals surface area contributed by atoms with Crippen molar-refractivity contribution in [2.24, 2.45) is 0 Å². The first-order valence-electron chi connectivity index (χ1n) is 10.4. The standard InChI is InChI=1S/C23H27N3O4/c1-15(2)20-12-21(30-25-20)23(27)26-9-5-7-17(14-26)22-24-13-19(29-22)11-16-6-4-8-18(10-16)28-3/h4,6,8,10,12-13,15,17H,5,7,9,11,14H2,1-3H3. The Kier molecular flexibility index (Phi) is 5.88. The maximum atomic E-state index is 12.8. The van der Waals surface area contributed by atoms with Gasteiger partial charge in [0.25, 0.3) is 5.91 Å². The molecular formula is C23H27N3O4. The van der Waals surface area contributed by atoms with E-state index in [9.17, 15) is 4.79 Å². The van der Waals surface area contributed by atoms with E-state index in [-0.39, 0.29) is 17.7 Å². The summed E-state index contributed by atoms with van der Waals surface area (Å²) in [6.45, 7) is 5.31. The fraction of sp³-hybridized carbons (Fsp3) is 0.435. The molecule has 0 aliphatic carbocycles. The van der Waals surface area contributed by atoms with Crippen LogP contribution in [0, 0.1) is 0 Å². The number of rotatable bonds is 6. The van der Waals surface area contributed by atoms with Gasteiger partial charge in [-0.15, -0.1) is 0 Å². The summed E-state index contributed by atoms with van der Waals surface area (Å²) < 4.78 is 16.6. The Morgan fingerprint density at radius 3 is 2.97 bits per heavy atom. The molecule has 2 aromatic heterocycles. The average Bonchev–Trinajstić information content (AvgIpc) is 3.44. The van der Waals surface area contributed by atoms with E-state index in [1.54, 1.807) is 19.4 Å². The number of likely N-dealkylation sites (tertiary alicyclic amines) is 1. The van der Waals surface area contributed by atoms with Crippen molar-refractivity contribution in [2.75, 3.05) is 20.2 Å². The molecule has 0 bridgehead atoms. The highest BCUT2D eigenvalue weighted by molar-refractivity contribution is 5.91. The number of nitrogens with zero attached hydrogens (tertiary/aromatic N) is 3. The largest absolute Gasteiger partial charge is 0.497 e. The van der Waals surface area contributed by atoms with E-state index in [1.807, 2.05) is 43.0 Å². The molecule has 1 atom stereocenters. The van der Waals surface area contributed by atoms with E-state index >= 15 is 0 Å². The summed E-state index contributed by atoms with van der Waals surface area (Å²) in [5.74, 6) is 2.78. The predicted molar refractivity (Wildman–Crippen MR) is 111 cm³/mol. The van der Waals surface area contributed by atoms with Crippen molar-refractivity contribution in [1.29, 1.82) is 0 Å². The molecule has 158 valence electrons. The molecule has 4 rings (SSSR count). The lowest BCUT2D eigenvalue weighted by Crippen LogP contribution is -2.39. The Morgan fingerprint density at radius 2 is 2.20 bits per heavy atom. The molecule has 1 aliphatic heterocycles. The molecule has 7 heteroatoms. The van der Waals surface area contributed by atoms with Gasteiger partial charge in [0.2, 0.25) is 5.76 Å². The Hall–Kier alpha value is -3.09. The van der Waals surface area contributed by atoms with Gasteiger partial charge in [0, 0.05) is 25.6 Å². The van der Waals surface area contributed by atoms with E-state index in [0.717, 1.165) is 35.6 Å². The van der Waals surface area contributed by atoms with Crippen LogP contribution in [0.3, 0.4) is 0 Å². The minimum absolute atomic E-state index is 0.0780. The zero-order chi connectivity index (χ0) is 21.1. The van der Waals surface area contributed by atoms with Crippen molar-refractivity contribution in [2.45, 2.75) is 44.9 Å². The molecule has 0 radical (unpaired) electrons. The average molecular weight is 409 g/mol. The maximum absolute atomic E-state index is 12.8. The van der Waals surface area contributed by atoms with Crippen LogP contribution < -0.4 is 4.74 Å².